The number of alkyl halides is 6. The highest BCUT2D eigenvalue weighted by atomic mass is 32.2. The van der Waals surface area contributed by atoms with Crippen LogP contribution in [0.3, 0.4) is 0 Å². The van der Waals surface area contributed by atoms with Crippen molar-refractivity contribution in [1.82, 2.24) is 4.31 Å². The molecule has 0 fully saturated rings. The predicted molar refractivity (Wildman–Crippen MR) is 146 cm³/mol. The fourth-order valence-corrected chi connectivity index (χ4v) is 10.3. The Balaban J connectivity index is 3.04. The monoisotopic (exact) mass is 581 g/mol. The van der Waals surface area contributed by atoms with Crippen molar-refractivity contribution in [3.05, 3.63) is 64.7 Å². The van der Waals surface area contributed by atoms with Crippen LogP contribution in [0.1, 0.15) is 90.6 Å². The fourth-order valence-electron chi connectivity index (χ4n) is 4.90. The van der Waals surface area contributed by atoms with Crippen molar-refractivity contribution in [3.63, 3.8) is 0 Å². The van der Waals surface area contributed by atoms with E-state index in [-0.39, 0.29) is 21.9 Å². The predicted octanol–water partition coefficient (Wildman–Crippen LogP) is 8.91. The van der Waals surface area contributed by atoms with Crippen LogP contribution in [-0.4, -0.2) is 30.6 Å². The van der Waals surface area contributed by atoms with Gasteiger partial charge < -0.3 is 0 Å². The first-order valence-corrected chi connectivity index (χ1v) is 14.6. The maximum atomic E-state index is 13.8. The summed E-state index contributed by atoms with van der Waals surface area (Å²) in [6, 6.07) is 7.70. The number of halogens is 6. The van der Waals surface area contributed by atoms with E-state index in [0.29, 0.717) is 5.56 Å². The smallest absolute Gasteiger partial charge is 0.242 e. The summed E-state index contributed by atoms with van der Waals surface area (Å²) < 4.78 is 97.2. The molecule has 38 heavy (non-hydrogen) atoms. The van der Waals surface area contributed by atoms with E-state index < -0.39 is 53.2 Å². The molecular weight excluding hydrogens is 543 g/mol. The normalized spacial score (nSPS) is 15.7. The Morgan fingerprint density at radius 3 is 1.53 bits per heavy atom. The third-order valence-electron chi connectivity index (χ3n) is 5.89. The average molecular weight is 582 g/mol. The lowest BCUT2D eigenvalue weighted by molar-refractivity contribution is -0.143. The molecule has 10 heteroatoms. The second-order valence-electron chi connectivity index (χ2n) is 12.4. The molecule has 2 aromatic carbocycles. The SMILES string of the molecule is CN([C@H](c1cc(C(F)(F)F)cc(C(F)(F)F)c1)c1ccccc1P(C(C)(C)C)C(C)(C)C)S(=O)C(C)(C)C. The van der Waals surface area contributed by atoms with Crippen LogP contribution in [0, 0.1) is 0 Å². The Bertz CT molecular complexity index is 1110. The summed E-state index contributed by atoms with van der Waals surface area (Å²) in [6.07, 6.45) is -9.99. The van der Waals surface area contributed by atoms with Gasteiger partial charge in [-0.3, -0.25) is 0 Å². The molecule has 0 saturated carbocycles. The Morgan fingerprint density at radius 1 is 0.737 bits per heavy atom. The van der Waals surface area contributed by atoms with E-state index >= 15 is 0 Å². The van der Waals surface area contributed by atoms with Gasteiger partial charge in [0.25, 0.3) is 0 Å². The zero-order valence-electron chi connectivity index (χ0n) is 23.6. The van der Waals surface area contributed by atoms with Gasteiger partial charge in [0.2, 0.25) is 0 Å². The Morgan fingerprint density at radius 2 is 1.16 bits per heavy atom. The lowest BCUT2D eigenvalue weighted by Crippen LogP contribution is -2.40. The summed E-state index contributed by atoms with van der Waals surface area (Å²) in [7, 11) is -1.25. The van der Waals surface area contributed by atoms with E-state index in [1.807, 2.05) is 12.1 Å². The number of hydrogen-bond acceptors (Lipinski definition) is 1. The summed E-state index contributed by atoms with van der Waals surface area (Å²) in [4.78, 5) is 0. The fraction of sp³-hybridized carbons (Fsp3) is 0.571. The minimum Gasteiger partial charge on any atom is -0.242 e. The molecule has 0 spiro atoms. The van der Waals surface area contributed by atoms with E-state index in [1.165, 1.54) is 11.4 Å². The minimum atomic E-state index is -4.99. The van der Waals surface area contributed by atoms with Crippen LogP contribution in [-0.2, 0) is 23.3 Å². The van der Waals surface area contributed by atoms with Gasteiger partial charge in [0.05, 0.1) is 21.9 Å². The van der Waals surface area contributed by atoms with Gasteiger partial charge >= 0.3 is 12.4 Å². The largest absolute Gasteiger partial charge is 0.416 e. The minimum absolute atomic E-state index is 0.129. The van der Waals surface area contributed by atoms with Crippen molar-refractivity contribution in [2.45, 2.75) is 95.8 Å². The number of rotatable bonds is 5. The van der Waals surface area contributed by atoms with Gasteiger partial charge in [0, 0.05) is 7.05 Å². The highest BCUT2D eigenvalue weighted by Gasteiger charge is 2.42. The van der Waals surface area contributed by atoms with E-state index in [9.17, 15) is 30.6 Å². The molecule has 2 rings (SSSR count). The Labute approximate surface area is 226 Å². The molecule has 0 bridgehead atoms. The highest BCUT2D eigenvalue weighted by Crippen LogP contribution is 2.59. The first-order valence-electron chi connectivity index (χ1n) is 12.2. The van der Waals surface area contributed by atoms with Crippen LogP contribution in [0.2, 0.25) is 0 Å². The van der Waals surface area contributed by atoms with Gasteiger partial charge in [-0.2, -0.15) is 26.3 Å². The van der Waals surface area contributed by atoms with Crippen molar-refractivity contribution in [2.24, 2.45) is 0 Å². The molecule has 0 saturated heterocycles. The summed E-state index contributed by atoms with van der Waals surface area (Å²) in [5.41, 5.74) is -2.45. The molecule has 0 radical (unpaired) electrons. The zero-order chi connectivity index (χ0) is 29.6. The van der Waals surface area contributed by atoms with Gasteiger partial charge in [0.15, 0.2) is 0 Å². The zero-order valence-corrected chi connectivity index (χ0v) is 25.3. The third kappa shape index (κ3) is 7.60. The maximum absolute atomic E-state index is 13.8. The van der Waals surface area contributed by atoms with Gasteiger partial charge in [-0.15, -0.1) is 0 Å². The van der Waals surface area contributed by atoms with Crippen LogP contribution < -0.4 is 5.30 Å². The lowest BCUT2D eigenvalue weighted by atomic mass is 9.94. The third-order valence-corrected chi connectivity index (χ3v) is 11.2. The van der Waals surface area contributed by atoms with Gasteiger partial charge in [-0.1, -0.05) is 73.7 Å². The van der Waals surface area contributed by atoms with E-state index in [0.717, 1.165) is 17.4 Å². The Hall–Kier alpha value is -1.44. The van der Waals surface area contributed by atoms with Crippen molar-refractivity contribution in [1.29, 1.82) is 0 Å². The molecule has 2 atom stereocenters. The van der Waals surface area contributed by atoms with Crippen LogP contribution in [0.4, 0.5) is 26.3 Å². The molecule has 0 N–H and O–H groups in total. The summed E-state index contributed by atoms with van der Waals surface area (Å²) in [5, 5.41) is 0.387. The van der Waals surface area contributed by atoms with Gasteiger partial charge in [0.1, 0.15) is 11.0 Å². The van der Waals surface area contributed by atoms with E-state index in [4.69, 9.17) is 0 Å². The number of hydrogen-bond donors (Lipinski definition) is 0. The van der Waals surface area contributed by atoms with E-state index in [2.05, 4.69) is 41.5 Å². The standard InChI is InChI=1S/C28H38F6NOPS/c1-24(2,3)37(25(4,5)6)22-14-12-11-13-21(22)23(35(10)38(36)26(7,8)9)18-15-19(27(29,30)31)17-20(16-18)28(32,33)34/h11-17,23H,1-10H3/t23-,38?/m1/s1. The maximum Gasteiger partial charge on any atom is 0.416 e. The molecule has 1 unspecified atom stereocenters. The van der Waals surface area contributed by atoms with Crippen molar-refractivity contribution in [3.8, 4) is 0 Å². The Kier molecular flexibility index (Phi) is 9.36. The van der Waals surface area contributed by atoms with Crippen molar-refractivity contribution in [2.75, 3.05) is 7.05 Å². The molecule has 0 aromatic heterocycles. The quantitative estimate of drug-likeness (QED) is 0.255. The second kappa shape index (κ2) is 10.9. The highest BCUT2D eigenvalue weighted by molar-refractivity contribution is 7.84. The molecule has 2 nitrogen and oxygen atoms in total. The van der Waals surface area contributed by atoms with Crippen LogP contribution in [0.5, 0.6) is 0 Å². The molecular formula is C28H38F6NOPS. The molecule has 2 aromatic rings. The summed E-state index contributed by atoms with van der Waals surface area (Å²) >= 11 is 0. The molecule has 0 aliphatic carbocycles. The molecule has 214 valence electrons. The number of benzene rings is 2. The van der Waals surface area contributed by atoms with Crippen molar-refractivity contribution >= 4 is 24.2 Å². The second-order valence-corrected chi connectivity index (χ2v) is 18.5. The summed E-state index contributed by atoms with van der Waals surface area (Å²) in [6.45, 7) is 17.6. The van der Waals surface area contributed by atoms with Gasteiger partial charge in [-0.05, 0) is 65.7 Å². The van der Waals surface area contributed by atoms with Crippen LogP contribution in [0.25, 0.3) is 0 Å². The molecule has 0 aliphatic heterocycles. The average Bonchev–Trinajstić information content (AvgIpc) is 2.70. The molecule has 0 heterocycles. The van der Waals surface area contributed by atoms with E-state index in [1.54, 1.807) is 32.9 Å². The lowest BCUT2D eigenvalue weighted by Gasteiger charge is -2.44. The van der Waals surface area contributed by atoms with Crippen molar-refractivity contribution < 1.29 is 30.6 Å². The van der Waals surface area contributed by atoms with Crippen LogP contribution in [0.15, 0.2) is 42.5 Å². The first kappa shape index (κ1) is 32.8. The van der Waals surface area contributed by atoms with Gasteiger partial charge in [-0.25, -0.2) is 8.51 Å². The molecule has 0 aliphatic rings. The number of nitrogens with zero attached hydrogens (tertiary/aromatic N) is 1. The van der Waals surface area contributed by atoms with Crippen LogP contribution >= 0.6 is 7.92 Å². The molecule has 0 amide bonds. The summed E-state index contributed by atoms with van der Waals surface area (Å²) in [5.74, 6) is 0. The first-order chi connectivity index (χ1) is 16.9. The topological polar surface area (TPSA) is 20.3 Å².